The number of nitrogens with one attached hydrogen (secondary N) is 1. The number of piperazine rings is 1. The van der Waals surface area contributed by atoms with E-state index in [0.717, 1.165) is 50.2 Å². The standard InChI is InChI=1S/C17H20N4O3/c1-23-17(22)14-15(24-11-4-5-11)13-12(3-2-6-19-13)16(20-14)21-9-7-18-8-10-21/h2-3,6,11,18H,4-5,7-10H2,1H3. The normalized spacial score (nSPS) is 17.8. The molecule has 1 saturated carbocycles. The van der Waals surface area contributed by atoms with E-state index < -0.39 is 5.97 Å². The van der Waals surface area contributed by atoms with E-state index in [1.165, 1.54) is 7.11 Å². The van der Waals surface area contributed by atoms with Gasteiger partial charge in [-0.15, -0.1) is 0 Å². The zero-order valence-electron chi connectivity index (χ0n) is 13.6. The van der Waals surface area contributed by atoms with Gasteiger partial charge >= 0.3 is 5.97 Å². The Morgan fingerprint density at radius 1 is 1.33 bits per heavy atom. The van der Waals surface area contributed by atoms with Crippen LogP contribution in [-0.4, -0.2) is 55.3 Å². The molecule has 0 bridgehead atoms. The van der Waals surface area contributed by atoms with Crippen molar-refractivity contribution in [1.82, 2.24) is 15.3 Å². The Kier molecular flexibility index (Phi) is 3.93. The molecule has 7 heteroatoms. The van der Waals surface area contributed by atoms with E-state index in [-0.39, 0.29) is 11.8 Å². The summed E-state index contributed by atoms with van der Waals surface area (Å²) in [5, 5.41) is 4.23. The van der Waals surface area contributed by atoms with Crippen molar-refractivity contribution in [1.29, 1.82) is 0 Å². The summed E-state index contributed by atoms with van der Waals surface area (Å²) in [5.74, 6) is 0.719. The van der Waals surface area contributed by atoms with Crippen molar-refractivity contribution in [2.75, 3.05) is 38.2 Å². The van der Waals surface area contributed by atoms with Crippen LogP contribution in [0.5, 0.6) is 5.75 Å². The van der Waals surface area contributed by atoms with Gasteiger partial charge in [0.05, 0.1) is 13.2 Å². The van der Waals surface area contributed by atoms with Crippen molar-refractivity contribution < 1.29 is 14.3 Å². The van der Waals surface area contributed by atoms with Crippen molar-refractivity contribution in [2.45, 2.75) is 18.9 Å². The predicted molar refractivity (Wildman–Crippen MR) is 89.6 cm³/mol. The number of anilines is 1. The second-order valence-corrected chi connectivity index (χ2v) is 6.06. The molecule has 2 aliphatic rings. The molecule has 2 aromatic heterocycles. The van der Waals surface area contributed by atoms with Gasteiger partial charge in [-0.3, -0.25) is 4.98 Å². The lowest BCUT2D eigenvalue weighted by molar-refractivity contribution is 0.0589. The fourth-order valence-corrected chi connectivity index (χ4v) is 2.91. The van der Waals surface area contributed by atoms with Crippen LogP contribution in [0.4, 0.5) is 5.82 Å². The summed E-state index contributed by atoms with van der Waals surface area (Å²) in [6.45, 7) is 3.44. The number of carbonyl (C=O) groups is 1. The predicted octanol–water partition coefficient (Wildman–Crippen LogP) is 1.37. The van der Waals surface area contributed by atoms with Crippen LogP contribution in [0.15, 0.2) is 18.3 Å². The van der Waals surface area contributed by atoms with Crippen LogP contribution in [0.1, 0.15) is 23.3 Å². The van der Waals surface area contributed by atoms with Crippen molar-refractivity contribution >= 4 is 22.7 Å². The number of fused-ring (bicyclic) bond motifs is 1. The maximum atomic E-state index is 12.3. The fourth-order valence-electron chi connectivity index (χ4n) is 2.91. The van der Waals surface area contributed by atoms with Gasteiger partial charge in [0.1, 0.15) is 11.3 Å². The number of pyridine rings is 2. The minimum atomic E-state index is -0.491. The van der Waals surface area contributed by atoms with Gasteiger partial charge in [-0.1, -0.05) is 0 Å². The monoisotopic (exact) mass is 328 g/mol. The van der Waals surface area contributed by atoms with Crippen LogP contribution in [0.3, 0.4) is 0 Å². The van der Waals surface area contributed by atoms with Gasteiger partial charge in [-0.05, 0) is 25.0 Å². The molecule has 0 amide bonds. The SMILES string of the molecule is COC(=O)c1nc(N2CCNCC2)c2cccnc2c1OC1CC1. The first kappa shape index (κ1) is 15.1. The Balaban J connectivity index is 1.90. The van der Waals surface area contributed by atoms with Gasteiger partial charge < -0.3 is 19.7 Å². The van der Waals surface area contributed by atoms with E-state index in [1.807, 2.05) is 12.1 Å². The third kappa shape index (κ3) is 2.75. The number of rotatable bonds is 4. The van der Waals surface area contributed by atoms with E-state index in [4.69, 9.17) is 9.47 Å². The minimum Gasteiger partial charge on any atom is -0.486 e. The Bertz CT molecular complexity index is 770. The molecule has 1 saturated heterocycles. The molecule has 1 aliphatic carbocycles. The van der Waals surface area contributed by atoms with Crippen molar-refractivity contribution in [3.05, 3.63) is 24.0 Å². The molecular weight excluding hydrogens is 308 g/mol. The van der Waals surface area contributed by atoms with Gasteiger partial charge in [0, 0.05) is 37.8 Å². The third-order valence-electron chi connectivity index (χ3n) is 4.30. The van der Waals surface area contributed by atoms with E-state index in [0.29, 0.717) is 11.3 Å². The minimum absolute atomic E-state index is 0.144. The molecule has 0 unspecified atom stereocenters. The Hall–Kier alpha value is -2.41. The summed E-state index contributed by atoms with van der Waals surface area (Å²) in [6.07, 6.45) is 3.85. The van der Waals surface area contributed by atoms with Crippen LogP contribution < -0.4 is 15.0 Å². The zero-order chi connectivity index (χ0) is 16.5. The third-order valence-corrected chi connectivity index (χ3v) is 4.30. The number of carbonyl (C=O) groups excluding carboxylic acids is 1. The van der Waals surface area contributed by atoms with Crippen LogP contribution >= 0.6 is 0 Å². The van der Waals surface area contributed by atoms with Crippen LogP contribution in [0.25, 0.3) is 10.9 Å². The molecule has 126 valence electrons. The van der Waals surface area contributed by atoms with Crippen molar-refractivity contribution in [2.24, 2.45) is 0 Å². The molecule has 0 atom stereocenters. The van der Waals surface area contributed by atoms with Gasteiger partial charge in [-0.25, -0.2) is 9.78 Å². The van der Waals surface area contributed by atoms with Gasteiger partial charge in [0.2, 0.25) is 0 Å². The second kappa shape index (κ2) is 6.24. The molecule has 7 nitrogen and oxygen atoms in total. The van der Waals surface area contributed by atoms with Crippen molar-refractivity contribution in [3.63, 3.8) is 0 Å². The molecule has 2 fully saturated rings. The van der Waals surface area contributed by atoms with Crippen LogP contribution in [0.2, 0.25) is 0 Å². The molecular formula is C17H20N4O3. The number of hydrogen-bond donors (Lipinski definition) is 1. The highest BCUT2D eigenvalue weighted by molar-refractivity contribution is 6.02. The topological polar surface area (TPSA) is 76.6 Å². The maximum absolute atomic E-state index is 12.3. The molecule has 3 heterocycles. The lowest BCUT2D eigenvalue weighted by Gasteiger charge is -2.30. The Morgan fingerprint density at radius 2 is 2.12 bits per heavy atom. The van der Waals surface area contributed by atoms with Gasteiger partial charge in [0.25, 0.3) is 0 Å². The molecule has 4 rings (SSSR count). The average Bonchev–Trinajstić information content (AvgIpc) is 3.46. The summed E-state index contributed by atoms with van der Waals surface area (Å²) in [4.78, 5) is 23.6. The smallest absolute Gasteiger partial charge is 0.360 e. The van der Waals surface area contributed by atoms with Crippen molar-refractivity contribution in [3.8, 4) is 5.75 Å². The Morgan fingerprint density at radius 3 is 2.83 bits per heavy atom. The second-order valence-electron chi connectivity index (χ2n) is 6.06. The first-order chi connectivity index (χ1) is 11.8. The molecule has 0 spiro atoms. The van der Waals surface area contributed by atoms with E-state index >= 15 is 0 Å². The fraction of sp³-hybridized carbons (Fsp3) is 0.471. The molecule has 1 aliphatic heterocycles. The maximum Gasteiger partial charge on any atom is 0.360 e. The van der Waals surface area contributed by atoms with E-state index in [2.05, 4.69) is 20.2 Å². The lowest BCUT2D eigenvalue weighted by atomic mass is 10.1. The van der Waals surface area contributed by atoms with Gasteiger partial charge in [-0.2, -0.15) is 0 Å². The molecule has 24 heavy (non-hydrogen) atoms. The highest BCUT2D eigenvalue weighted by atomic mass is 16.5. The molecule has 1 N–H and O–H groups in total. The van der Waals surface area contributed by atoms with E-state index in [1.54, 1.807) is 6.20 Å². The largest absolute Gasteiger partial charge is 0.486 e. The first-order valence-corrected chi connectivity index (χ1v) is 8.27. The summed E-state index contributed by atoms with van der Waals surface area (Å²) >= 11 is 0. The number of hydrogen-bond acceptors (Lipinski definition) is 7. The average molecular weight is 328 g/mol. The summed E-state index contributed by atoms with van der Waals surface area (Å²) < 4.78 is 10.9. The highest BCUT2D eigenvalue weighted by Gasteiger charge is 2.30. The molecule has 0 aromatic carbocycles. The zero-order valence-corrected chi connectivity index (χ0v) is 13.6. The summed E-state index contributed by atoms with van der Waals surface area (Å²) in [6, 6.07) is 3.86. The number of ether oxygens (including phenoxy) is 2. The molecule has 2 aromatic rings. The first-order valence-electron chi connectivity index (χ1n) is 8.27. The number of esters is 1. The number of nitrogens with zero attached hydrogens (tertiary/aromatic N) is 3. The number of aromatic nitrogens is 2. The summed E-state index contributed by atoms with van der Waals surface area (Å²) in [7, 11) is 1.36. The highest BCUT2D eigenvalue weighted by Crippen LogP contribution is 2.37. The number of methoxy groups -OCH3 is 1. The Labute approximate surface area is 140 Å². The summed E-state index contributed by atoms with van der Waals surface area (Å²) in [5.41, 5.74) is 0.887. The van der Waals surface area contributed by atoms with Crippen LogP contribution in [-0.2, 0) is 4.74 Å². The van der Waals surface area contributed by atoms with E-state index in [9.17, 15) is 4.79 Å². The quantitative estimate of drug-likeness (QED) is 0.849. The van der Waals surface area contributed by atoms with Gasteiger partial charge in [0.15, 0.2) is 11.4 Å². The lowest BCUT2D eigenvalue weighted by Crippen LogP contribution is -2.44. The molecule has 0 radical (unpaired) electrons. The van der Waals surface area contributed by atoms with Crippen LogP contribution in [0, 0.1) is 0 Å².